The van der Waals surface area contributed by atoms with E-state index >= 15 is 4.39 Å². The molecule has 7 nitrogen and oxygen atoms in total. The van der Waals surface area contributed by atoms with E-state index in [1.165, 1.54) is 14.2 Å². The minimum atomic E-state index is -1.33. The van der Waals surface area contributed by atoms with Crippen LogP contribution < -0.4 is 5.32 Å². The zero-order valence-corrected chi connectivity index (χ0v) is 15.1. The van der Waals surface area contributed by atoms with Crippen molar-refractivity contribution in [3.8, 4) is 0 Å². The predicted molar refractivity (Wildman–Crippen MR) is 91.4 cm³/mol. The Morgan fingerprint density at radius 2 is 2.19 bits per heavy atom. The van der Waals surface area contributed by atoms with E-state index < -0.39 is 12.0 Å². The quantitative estimate of drug-likeness (QED) is 0.809. The molecule has 0 radical (unpaired) electrons. The molecule has 0 atom stereocenters. The minimum Gasteiger partial charge on any atom is -0.449 e. The summed E-state index contributed by atoms with van der Waals surface area (Å²) in [7, 11) is 3.06. The number of carbonyl (C=O) groups is 1. The molecule has 8 heteroatoms. The summed E-state index contributed by atoms with van der Waals surface area (Å²) in [6, 6.07) is 1.94. The fraction of sp³-hybridized carbons (Fsp3) is 0.667. The van der Waals surface area contributed by atoms with Gasteiger partial charge in [-0.2, -0.15) is 0 Å². The molecular weight excluding hydrogens is 341 g/mol. The summed E-state index contributed by atoms with van der Waals surface area (Å²) >= 11 is 0. The number of hydrogen-bond acceptors (Lipinski definition) is 6. The lowest BCUT2D eigenvalue weighted by Crippen LogP contribution is -2.50. The molecule has 1 aromatic heterocycles. The second kappa shape index (κ2) is 6.66. The average Bonchev–Trinajstić information content (AvgIpc) is 2.80. The fourth-order valence-corrected chi connectivity index (χ4v) is 4.00. The molecule has 0 aromatic carbocycles. The van der Waals surface area contributed by atoms with Gasteiger partial charge in [0.25, 0.3) is 0 Å². The fourth-order valence-electron chi connectivity index (χ4n) is 4.00. The summed E-state index contributed by atoms with van der Waals surface area (Å²) in [5.74, 6) is 0.547. The Labute approximate surface area is 151 Å². The van der Waals surface area contributed by atoms with Crippen LogP contribution in [0.5, 0.6) is 0 Å². The summed E-state index contributed by atoms with van der Waals surface area (Å²) in [4.78, 5) is 18.4. The van der Waals surface area contributed by atoms with Gasteiger partial charge in [0, 0.05) is 45.2 Å². The van der Waals surface area contributed by atoms with E-state index in [2.05, 4.69) is 10.3 Å². The molecule has 0 spiro atoms. The second-order valence-electron chi connectivity index (χ2n) is 7.19. The van der Waals surface area contributed by atoms with Crippen molar-refractivity contribution in [2.24, 2.45) is 0 Å². The molecule has 1 aliphatic carbocycles. The zero-order chi connectivity index (χ0) is 18.3. The Bertz CT molecular complexity index is 704. The number of hydrogen-bond donors (Lipinski definition) is 1. The number of cyclic esters (lactones) is 1. The Balaban J connectivity index is 1.72. The maximum Gasteiger partial charge on any atom is 0.410 e. The molecule has 4 aliphatic rings. The van der Waals surface area contributed by atoms with Crippen LogP contribution in [0.4, 0.5) is 15.0 Å². The number of methoxy groups -OCH3 is 2. The number of ether oxygens (including phenoxy) is 3. The van der Waals surface area contributed by atoms with Gasteiger partial charge < -0.3 is 24.4 Å². The van der Waals surface area contributed by atoms with E-state index in [1.807, 2.05) is 6.07 Å². The molecule has 26 heavy (non-hydrogen) atoms. The molecule has 1 saturated carbocycles. The molecule has 1 N–H and O–H groups in total. The van der Waals surface area contributed by atoms with E-state index in [1.54, 1.807) is 4.90 Å². The van der Waals surface area contributed by atoms with Crippen molar-refractivity contribution in [2.75, 3.05) is 32.7 Å². The maximum atomic E-state index is 15.1. The lowest BCUT2D eigenvalue weighted by Gasteiger charge is -2.48. The molecule has 5 rings (SSSR count). The first-order valence-electron chi connectivity index (χ1n) is 9.01. The third-order valence-corrected chi connectivity index (χ3v) is 5.42. The molecule has 1 aromatic rings. The molecular formula is C18H24FN3O4. The number of pyridine rings is 1. The van der Waals surface area contributed by atoms with E-state index in [0.717, 1.165) is 18.4 Å². The van der Waals surface area contributed by atoms with Crippen LogP contribution in [0, 0.1) is 0 Å². The van der Waals surface area contributed by atoms with E-state index in [4.69, 9.17) is 14.2 Å². The van der Waals surface area contributed by atoms with Crippen molar-refractivity contribution in [1.29, 1.82) is 0 Å². The first-order valence-corrected chi connectivity index (χ1v) is 9.01. The first-order chi connectivity index (χ1) is 12.5. The van der Waals surface area contributed by atoms with Crippen LogP contribution in [0.3, 0.4) is 0 Å². The zero-order valence-electron chi connectivity index (χ0n) is 15.1. The van der Waals surface area contributed by atoms with Crippen LogP contribution in [0.1, 0.15) is 48.8 Å². The molecule has 2 bridgehead atoms. The van der Waals surface area contributed by atoms with Gasteiger partial charge in [-0.15, -0.1) is 0 Å². The summed E-state index contributed by atoms with van der Waals surface area (Å²) in [6.45, 7) is 1.32. The summed E-state index contributed by atoms with van der Waals surface area (Å²) in [5, 5.41) is 3.28. The van der Waals surface area contributed by atoms with E-state index in [9.17, 15) is 4.79 Å². The highest BCUT2D eigenvalue weighted by atomic mass is 19.1. The van der Waals surface area contributed by atoms with Crippen molar-refractivity contribution in [2.45, 2.75) is 50.2 Å². The van der Waals surface area contributed by atoms with Crippen molar-refractivity contribution < 1.29 is 23.4 Å². The largest absolute Gasteiger partial charge is 0.449 e. The Morgan fingerprint density at radius 3 is 2.92 bits per heavy atom. The number of aromatic nitrogens is 1. The van der Waals surface area contributed by atoms with Gasteiger partial charge in [0.15, 0.2) is 0 Å². The highest BCUT2D eigenvalue weighted by Gasteiger charge is 2.52. The van der Waals surface area contributed by atoms with Crippen molar-refractivity contribution in [3.63, 3.8) is 0 Å². The normalized spacial score (nSPS) is 27.3. The molecule has 1 amide bonds. The number of carbonyl (C=O) groups excluding carboxylic acids is 1. The Kier molecular flexibility index (Phi) is 4.48. The van der Waals surface area contributed by atoms with Crippen LogP contribution >= 0.6 is 0 Å². The third kappa shape index (κ3) is 2.91. The number of nitrogens with zero attached hydrogens (tertiary/aromatic N) is 2. The van der Waals surface area contributed by atoms with Crippen LogP contribution in [0.15, 0.2) is 6.07 Å². The first kappa shape index (κ1) is 17.5. The third-order valence-electron chi connectivity index (χ3n) is 5.42. The van der Waals surface area contributed by atoms with Gasteiger partial charge >= 0.3 is 6.09 Å². The molecule has 2 fully saturated rings. The monoisotopic (exact) mass is 365 g/mol. The number of amides is 1. The van der Waals surface area contributed by atoms with E-state index in [-0.39, 0.29) is 18.7 Å². The van der Waals surface area contributed by atoms with Gasteiger partial charge in [0.05, 0.1) is 13.2 Å². The van der Waals surface area contributed by atoms with Crippen molar-refractivity contribution in [3.05, 3.63) is 22.9 Å². The van der Waals surface area contributed by atoms with Gasteiger partial charge in [-0.3, -0.25) is 0 Å². The number of halogens is 1. The Morgan fingerprint density at radius 1 is 1.42 bits per heavy atom. The molecule has 3 aliphatic heterocycles. The molecule has 1 saturated heterocycles. The predicted octanol–water partition coefficient (Wildman–Crippen LogP) is 2.86. The average molecular weight is 365 g/mol. The van der Waals surface area contributed by atoms with E-state index in [0.29, 0.717) is 43.1 Å². The van der Waals surface area contributed by atoms with Gasteiger partial charge in [0.1, 0.15) is 17.2 Å². The number of alkyl halides is 1. The van der Waals surface area contributed by atoms with Gasteiger partial charge in [-0.05, 0) is 24.5 Å². The maximum absolute atomic E-state index is 15.1. The van der Waals surface area contributed by atoms with Gasteiger partial charge in [0.2, 0.25) is 6.29 Å². The second-order valence-corrected chi connectivity index (χ2v) is 7.19. The summed E-state index contributed by atoms with van der Waals surface area (Å²) in [6.07, 6.45) is 1.60. The number of nitrogens with one attached hydrogen (secondary N) is 1. The van der Waals surface area contributed by atoms with Gasteiger partial charge in [-0.25, -0.2) is 14.2 Å². The highest BCUT2D eigenvalue weighted by molar-refractivity contribution is 5.68. The lowest BCUT2D eigenvalue weighted by molar-refractivity contribution is -0.109. The number of rotatable bonds is 5. The van der Waals surface area contributed by atoms with Crippen LogP contribution in [0.2, 0.25) is 0 Å². The summed E-state index contributed by atoms with van der Waals surface area (Å²) < 4.78 is 31.1. The van der Waals surface area contributed by atoms with Crippen LogP contribution in [-0.4, -0.2) is 49.4 Å². The SMILES string of the molecule is COC(OC)c1nc2c(cc1CN1CCCCOC1=O)C1(F)CC(C1)N2. The lowest BCUT2D eigenvalue weighted by atomic mass is 9.69. The minimum absolute atomic E-state index is 0.128. The van der Waals surface area contributed by atoms with Crippen molar-refractivity contribution in [1.82, 2.24) is 9.88 Å². The van der Waals surface area contributed by atoms with Crippen LogP contribution in [0.25, 0.3) is 0 Å². The van der Waals surface area contributed by atoms with Gasteiger partial charge in [-0.1, -0.05) is 0 Å². The molecule has 4 heterocycles. The smallest absolute Gasteiger partial charge is 0.410 e. The summed E-state index contributed by atoms with van der Waals surface area (Å²) in [5.41, 5.74) is 0.511. The Hall–Kier alpha value is -1.93. The standard InChI is InChI=1S/C18H24FN3O4/c1-24-16(25-2)14-11(10-22-5-3-4-6-26-17(22)23)7-13-15(21-14)20-12-8-18(13,19)9-12/h7,12,16H,3-6,8-10H2,1-2H3,(H,20,21). The molecule has 142 valence electrons. The number of anilines is 1. The van der Waals surface area contributed by atoms with Crippen molar-refractivity contribution >= 4 is 11.9 Å². The highest BCUT2D eigenvalue weighted by Crippen LogP contribution is 2.53. The topological polar surface area (TPSA) is 72.9 Å². The van der Waals surface area contributed by atoms with Crippen LogP contribution in [-0.2, 0) is 26.4 Å². The molecule has 0 unspecified atom stereocenters.